The summed E-state index contributed by atoms with van der Waals surface area (Å²) in [5, 5.41) is 1.52. The third-order valence-electron chi connectivity index (χ3n) is 2.08. The molecular formula is C10H8FNO2S. The van der Waals surface area contributed by atoms with E-state index in [9.17, 15) is 12.3 Å². The van der Waals surface area contributed by atoms with Gasteiger partial charge in [-0.15, -0.1) is 3.89 Å². The average Bonchev–Trinajstić information content (AvgIpc) is 2.16. The third-order valence-corrected chi connectivity index (χ3v) is 2.73. The molecule has 0 bridgehead atoms. The minimum absolute atomic E-state index is 0.385. The van der Waals surface area contributed by atoms with Gasteiger partial charge in [-0.2, -0.15) is 8.42 Å². The summed E-state index contributed by atoms with van der Waals surface area (Å²) in [7, 11) is -4.51. The highest BCUT2D eigenvalue weighted by molar-refractivity contribution is 7.85. The number of halogens is 1. The van der Waals surface area contributed by atoms with Crippen LogP contribution >= 0.6 is 0 Å². The number of benzene rings is 1. The van der Waals surface area contributed by atoms with E-state index >= 15 is 0 Å². The molecule has 2 rings (SSSR count). The molecule has 78 valence electrons. The number of hydrogen-bond acceptors (Lipinski definition) is 3. The maximum absolute atomic E-state index is 12.5. The number of hydrogen-bond donors (Lipinski definition) is 0. The van der Waals surface area contributed by atoms with E-state index in [1.54, 1.807) is 24.4 Å². The summed E-state index contributed by atoms with van der Waals surface area (Å²) in [5.74, 6) is -0.624. The Balaban J connectivity index is 2.61. The molecule has 0 aliphatic rings. The predicted octanol–water partition coefficient (Wildman–Crippen LogP) is 2.03. The fraction of sp³-hybridized carbons (Fsp3) is 0.100. The normalized spacial score (nSPS) is 11.8. The van der Waals surface area contributed by atoms with Crippen molar-refractivity contribution in [2.24, 2.45) is 0 Å². The zero-order valence-corrected chi connectivity index (χ0v) is 8.54. The second-order valence-corrected chi connectivity index (χ2v) is 4.57. The topological polar surface area (TPSA) is 47.0 Å². The van der Waals surface area contributed by atoms with Crippen molar-refractivity contribution < 1.29 is 12.3 Å². The average molecular weight is 225 g/mol. The molecule has 3 nitrogen and oxygen atoms in total. The lowest BCUT2D eigenvalue weighted by Gasteiger charge is -2.02. The van der Waals surface area contributed by atoms with Crippen LogP contribution in [0.1, 0.15) is 5.56 Å². The molecule has 0 saturated carbocycles. The van der Waals surface area contributed by atoms with Gasteiger partial charge in [0.05, 0.1) is 0 Å². The minimum atomic E-state index is -4.51. The van der Waals surface area contributed by atoms with Crippen molar-refractivity contribution in [2.45, 2.75) is 5.75 Å². The highest BCUT2D eigenvalue weighted by Gasteiger charge is 2.11. The van der Waals surface area contributed by atoms with Crippen molar-refractivity contribution in [3.8, 4) is 0 Å². The van der Waals surface area contributed by atoms with E-state index < -0.39 is 16.0 Å². The summed E-state index contributed by atoms with van der Waals surface area (Å²) in [5.41, 5.74) is 0.385. The minimum Gasteiger partial charge on any atom is -0.264 e. The molecule has 1 heterocycles. The van der Waals surface area contributed by atoms with Crippen molar-refractivity contribution in [1.82, 2.24) is 4.98 Å². The first-order chi connectivity index (χ1) is 7.06. The summed E-state index contributed by atoms with van der Waals surface area (Å²) in [6, 6.07) is 7.14. The van der Waals surface area contributed by atoms with Crippen molar-refractivity contribution in [3.05, 3.63) is 42.2 Å². The molecule has 0 spiro atoms. The van der Waals surface area contributed by atoms with Gasteiger partial charge in [-0.3, -0.25) is 4.98 Å². The molecule has 2 aromatic rings. The lowest BCUT2D eigenvalue weighted by Crippen LogP contribution is -1.97. The molecule has 5 heteroatoms. The number of fused-ring (bicyclic) bond motifs is 1. The SMILES string of the molecule is O=S(=O)(F)Cc1cncc2ccccc12. The number of rotatable bonds is 2. The lowest BCUT2D eigenvalue weighted by atomic mass is 10.1. The van der Waals surface area contributed by atoms with E-state index in [1.165, 1.54) is 6.20 Å². The highest BCUT2D eigenvalue weighted by Crippen LogP contribution is 2.19. The van der Waals surface area contributed by atoms with Gasteiger partial charge in [0.1, 0.15) is 5.75 Å². The van der Waals surface area contributed by atoms with Gasteiger partial charge in [-0.05, 0) is 10.9 Å². The van der Waals surface area contributed by atoms with Crippen molar-refractivity contribution >= 4 is 21.0 Å². The molecule has 0 aliphatic carbocycles. The van der Waals surface area contributed by atoms with Gasteiger partial charge in [-0.25, -0.2) is 0 Å². The van der Waals surface area contributed by atoms with E-state index in [4.69, 9.17) is 0 Å². The zero-order chi connectivity index (χ0) is 10.9. The fourth-order valence-electron chi connectivity index (χ4n) is 1.48. The summed E-state index contributed by atoms with van der Waals surface area (Å²) in [6.45, 7) is 0. The van der Waals surface area contributed by atoms with E-state index in [0.717, 1.165) is 5.39 Å². The van der Waals surface area contributed by atoms with Gasteiger partial charge in [0.25, 0.3) is 0 Å². The second kappa shape index (κ2) is 3.58. The van der Waals surface area contributed by atoms with Gasteiger partial charge in [0.15, 0.2) is 0 Å². The van der Waals surface area contributed by atoms with Gasteiger partial charge in [0.2, 0.25) is 0 Å². The van der Waals surface area contributed by atoms with E-state index in [-0.39, 0.29) is 0 Å². The summed E-state index contributed by atoms with van der Waals surface area (Å²) in [6.07, 6.45) is 2.99. The van der Waals surface area contributed by atoms with Gasteiger partial charge in [0, 0.05) is 17.8 Å². The first kappa shape index (κ1) is 10.0. The monoisotopic (exact) mass is 225 g/mol. The van der Waals surface area contributed by atoms with Crippen LogP contribution in [0.3, 0.4) is 0 Å². The standard InChI is InChI=1S/C10H8FNO2S/c11-15(13,14)7-9-6-12-5-8-3-1-2-4-10(8)9/h1-6H,7H2. The van der Waals surface area contributed by atoms with Crippen LogP contribution in [0.5, 0.6) is 0 Å². The van der Waals surface area contributed by atoms with Crippen molar-refractivity contribution in [1.29, 1.82) is 0 Å². The van der Waals surface area contributed by atoms with Crippen LogP contribution in [0.15, 0.2) is 36.7 Å². The van der Waals surface area contributed by atoms with Crippen LogP contribution in [-0.4, -0.2) is 13.4 Å². The van der Waals surface area contributed by atoms with Crippen LogP contribution in [0.4, 0.5) is 3.89 Å². The van der Waals surface area contributed by atoms with E-state index in [2.05, 4.69) is 4.98 Å². The summed E-state index contributed by atoms with van der Waals surface area (Å²) in [4.78, 5) is 3.87. The first-order valence-electron chi connectivity index (χ1n) is 4.30. The molecule has 1 aromatic heterocycles. The Morgan fingerprint density at radius 1 is 1.20 bits per heavy atom. The van der Waals surface area contributed by atoms with Crippen LogP contribution in [0, 0.1) is 0 Å². The van der Waals surface area contributed by atoms with Gasteiger partial charge >= 0.3 is 10.2 Å². The Bertz CT molecular complexity index is 590. The third kappa shape index (κ3) is 2.30. The Kier molecular flexibility index (Phi) is 2.40. The fourth-order valence-corrected chi connectivity index (χ4v) is 2.08. The van der Waals surface area contributed by atoms with Gasteiger partial charge < -0.3 is 0 Å². The smallest absolute Gasteiger partial charge is 0.264 e. The summed E-state index contributed by atoms with van der Waals surface area (Å²) < 4.78 is 33.6. The van der Waals surface area contributed by atoms with Gasteiger partial charge in [-0.1, -0.05) is 24.3 Å². The van der Waals surface area contributed by atoms with Crippen LogP contribution in [0.25, 0.3) is 10.8 Å². The molecule has 0 radical (unpaired) electrons. The molecule has 0 aliphatic heterocycles. The maximum atomic E-state index is 12.5. The number of aromatic nitrogens is 1. The maximum Gasteiger partial charge on any atom is 0.306 e. The molecule has 0 saturated heterocycles. The number of nitrogens with zero attached hydrogens (tertiary/aromatic N) is 1. The molecule has 0 fully saturated rings. The molecule has 15 heavy (non-hydrogen) atoms. The molecule has 0 N–H and O–H groups in total. The second-order valence-electron chi connectivity index (χ2n) is 3.20. The Labute approximate surface area is 86.8 Å². The van der Waals surface area contributed by atoms with Crippen molar-refractivity contribution in [2.75, 3.05) is 0 Å². The predicted molar refractivity (Wildman–Crippen MR) is 55.5 cm³/mol. The van der Waals surface area contributed by atoms with E-state index in [0.29, 0.717) is 10.9 Å². The first-order valence-corrected chi connectivity index (χ1v) is 5.85. The molecule has 0 atom stereocenters. The summed E-state index contributed by atoms with van der Waals surface area (Å²) >= 11 is 0. The quantitative estimate of drug-likeness (QED) is 0.735. The lowest BCUT2D eigenvalue weighted by molar-refractivity contribution is 0.551. The van der Waals surface area contributed by atoms with Crippen LogP contribution in [-0.2, 0) is 16.0 Å². The van der Waals surface area contributed by atoms with Crippen LogP contribution in [0.2, 0.25) is 0 Å². The highest BCUT2D eigenvalue weighted by atomic mass is 32.3. The van der Waals surface area contributed by atoms with E-state index in [1.807, 2.05) is 6.07 Å². The molecule has 0 amide bonds. The Morgan fingerprint density at radius 2 is 1.93 bits per heavy atom. The van der Waals surface area contributed by atoms with Crippen molar-refractivity contribution in [3.63, 3.8) is 0 Å². The Morgan fingerprint density at radius 3 is 2.67 bits per heavy atom. The van der Waals surface area contributed by atoms with Crippen LogP contribution < -0.4 is 0 Å². The molecular weight excluding hydrogens is 217 g/mol. The molecule has 0 unspecified atom stereocenters. The number of pyridine rings is 1. The zero-order valence-electron chi connectivity index (χ0n) is 7.72. The Hall–Kier alpha value is -1.49. The molecule has 1 aromatic carbocycles. The largest absolute Gasteiger partial charge is 0.306 e.